The zero-order valence-corrected chi connectivity index (χ0v) is 17.5. The minimum Gasteiger partial charge on any atom is -0.494 e. The summed E-state index contributed by atoms with van der Waals surface area (Å²) in [6.07, 6.45) is -0.190. The first-order chi connectivity index (χ1) is 14.2. The molecule has 0 heterocycles. The summed E-state index contributed by atoms with van der Waals surface area (Å²) in [6.45, 7) is 3.07. The fourth-order valence-corrected chi connectivity index (χ4v) is 2.78. The summed E-state index contributed by atoms with van der Waals surface area (Å²) < 4.78 is 23.4. The van der Waals surface area contributed by atoms with Crippen molar-refractivity contribution in [3.05, 3.63) is 58.9 Å². The second-order valence-electron chi connectivity index (χ2n) is 6.87. The van der Waals surface area contributed by atoms with Gasteiger partial charge in [-0.1, -0.05) is 24.3 Å². The van der Waals surface area contributed by atoms with Crippen LogP contribution in [0.25, 0.3) is 0 Å². The molecule has 0 aliphatic rings. The van der Waals surface area contributed by atoms with Crippen LogP contribution in [0.2, 0.25) is 0 Å². The first kappa shape index (κ1) is 22.9. The van der Waals surface area contributed by atoms with Crippen molar-refractivity contribution in [2.24, 2.45) is 0 Å². The van der Waals surface area contributed by atoms with Crippen molar-refractivity contribution >= 4 is 23.5 Å². The topological polar surface area (TPSA) is 84.9 Å². The van der Waals surface area contributed by atoms with Gasteiger partial charge in [-0.25, -0.2) is 4.39 Å². The van der Waals surface area contributed by atoms with Crippen LogP contribution < -0.4 is 10.1 Å². The molecule has 2 amide bonds. The van der Waals surface area contributed by atoms with Gasteiger partial charge in [-0.3, -0.25) is 14.4 Å². The fourth-order valence-electron chi connectivity index (χ4n) is 2.78. The number of para-hydroxylation sites is 1. The molecule has 8 heteroatoms. The SMILES string of the molecule is COc1ccc(CC(=O)OCC(=O)N(C)CC(=O)Nc2c(C)cccc2C)cc1F. The molecule has 2 aromatic rings. The van der Waals surface area contributed by atoms with Crippen LogP contribution in [0.15, 0.2) is 36.4 Å². The summed E-state index contributed by atoms with van der Waals surface area (Å²) in [5, 5.41) is 2.79. The van der Waals surface area contributed by atoms with Crippen molar-refractivity contribution in [1.82, 2.24) is 4.90 Å². The van der Waals surface area contributed by atoms with Crippen LogP contribution in [0, 0.1) is 19.7 Å². The zero-order chi connectivity index (χ0) is 22.3. The number of nitrogens with one attached hydrogen (secondary N) is 1. The number of aryl methyl sites for hydroxylation is 2. The Kier molecular flexibility index (Phi) is 7.91. The minimum atomic E-state index is -0.679. The Hall–Kier alpha value is -3.42. The molecule has 0 aromatic heterocycles. The number of amides is 2. The van der Waals surface area contributed by atoms with E-state index < -0.39 is 24.3 Å². The van der Waals surface area contributed by atoms with Gasteiger partial charge in [0.05, 0.1) is 20.1 Å². The van der Waals surface area contributed by atoms with E-state index in [4.69, 9.17) is 9.47 Å². The van der Waals surface area contributed by atoms with Gasteiger partial charge in [-0.2, -0.15) is 0 Å². The predicted molar refractivity (Wildman–Crippen MR) is 110 cm³/mol. The molecule has 0 bridgehead atoms. The highest BCUT2D eigenvalue weighted by molar-refractivity contribution is 5.96. The molecule has 0 aliphatic carbocycles. The van der Waals surface area contributed by atoms with Crippen molar-refractivity contribution in [2.45, 2.75) is 20.3 Å². The highest BCUT2D eigenvalue weighted by Gasteiger charge is 2.17. The standard InChI is InChI=1S/C22H25FN2O5/c1-14-6-5-7-15(2)22(14)24-19(26)12-25(3)20(27)13-30-21(28)11-16-8-9-18(29-4)17(23)10-16/h5-10H,11-13H2,1-4H3,(H,24,26). The summed E-state index contributed by atoms with van der Waals surface area (Å²) >= 11 is 0. The van der Waals surface area contributed by atoms with E-state index in [1.165, 1.54) is 37.3 Å². The van der Waals surface area contributed by atoms with E-state index in [1.807, 2.05) is 32.0 Å². The molecule has 2 rings (SSSR count). The highest BCUT2D eigenvalue weighted by Crippen LogP contribution is 2.19. The molecule has 30 heavy (non-hydrogen) atoms. The quantitative estimate of drug-likeness (QED) is 0.669. The lowest BCUT2D eigenvalue weighted by Gasteiger charge is -2.18. The van der Waals surface area contributed by atoms with Gasteiger partial charge < -0.3 is 19.7 Å². The molecule has 0 unspecified atom stereocenters. The Bertz CT molecular complexity index is 925. The van der Waals surface area contributed by atoms with Gasteiger partial charge in [0, 0.05) is 12.7 Å². The van der Waals surface area contributed by atoms with Gasteiger partial charge in [0.25, 0.3) is 5.91 Å². The van der Waals surface area contributed by atoms with Crippen molar-refractivity contribution in [2.75, 3.05) is 32.6 Å². The molecular formula is C22H25FN2O5. The number of nitrogens with zero attached hydrogens (tertiary/aromatic N) is 1. The average Bonchev–Trinajstić information content (AvgIpc) is 2.69. The second-order valence-corrected chi connectivity index (χ2v) is 6.87. The largest absolute Gasteiger partial charge is 0.494 e. The summed E-state index contributed by atoms with van der Waals surface area (Å²) in [4.78, 5) is 37.5. The number of carbonyl (C=O) groups excluding carboxylic acids is 3. The van der Waals surface area contributed by atoms with Crippen LogP contribution in [0.1, 0.15) is 16.7 Å². The summed E-state index contributed by atoms with van der Waals surface area (Å²) in [5.74, 6) is -2.08. The maximum atomic E-state index is 13.7. The average molecular weight is 416 g/mol. The number of anilines is 1. The smallest absolute Gasteiger partial charge is 0.310 e. The number of esters is 1. The van der Waals surface area contributed by atoms with Crippen LogP contribution in [0.4, 0.5) is 10.1 Å². The van der Waals surface area contributed by atoms with Crippen LogP contribution >= 0.6 is 0 Å². The number of ether oxygens (including phenoxy) is 2. The Balaban J connectivity index is 1.81. The second kappa shape index (κ2) is 10.4. The number of rotatable bonds is 8. The minimum absolute atomic E-state index is 0.0723. The Morgan fingerprint density at radius 1 is 1.10 bits per heavy atom. The molecule has 0 aliphatic heterocycles. The maximum absolute atomic E-state index is 13.7. The van der Waals surface area contributed by atoms with Crippen LogP contribution in [-0.2, 0) is 25.5 Å². The molecule has 2 aromatic carbocycles. The van der Waals surface area contributed by atoms with Gasteiger partial charge in [0.15, 0.2) is 18.2 Å². The summed E-state index contributed by atoms with van der Waals surface area (Å²) in [5.41, 5.74) is 2.94. The van der Waals surface area contributed by atoms with Crippen LogP contribution in [0.3, 0.4) is 0 Å². The first-order valence-corrected chi connectivity index (χ1v) is 9.29. The van der Waals surface area contributed by atoms with Crippen molar-refractivity contribution < 1.29 is 28.2 Å². The lowest BCUT2D eigenvalue weighted by Crippen LogP contribution is -2.37. The van der Waals surface area contributed by atoms with Gasteiger partial charge in [0.1, 0.15) is 0 Å². The molecule has 0 saturated heterocycles. The maximum Gasteiger partial charge on any atom is 0.310 e. The van der Waals surface area contributed by atoms with Gasteiger partial charge in [-0.15, -0.1) is 0 Å². The van der Waals surface area contributed by atoms with Gasteiger partial charge in [-0.05, 0) is 42.7 Å². The molecule has 0 atom stereocenters. The molecule has 0 spiro atoms. The lowest BCUT2D eigenvalue weighted by molar-refractivity contribution is -0.151. The molecule has 0 saturated carbocycles. The monoisotopic (exact) mass is 416 g/mol. The van der Waals surface area contributed by atoms with E-state index in [9.17, 15) is 18.8 Å². The third-order valence-electron chi connectivity index (χ3n) is 4.47. The molecular weight excluding hydrogens is 391 g/mol. The van der Waals surface area contributed by atoms with Crippen LogP contribution in [-0.4, -0.2) is 50.0 Å². The van der Waals surface area contributed by atoms with E-state index in [-0.39, 0.29) is 24.6 Å². The number of likely N-dealkylation sites (N-methyl/N-ethyl adjacent to an activating group) is 1. The zero-order valence-electron chi connectivity index (χ0n) is 17.5. The number of hydrogen-bond acceptors (Lipinski definition) is 5. The van der Waals surface area contributed by atoms with E-state index in [0.29, 0.717) is 11.3 Å². The summed E-state index contributed by atoms with van der Waals surface area (Å²) in [6, 6.07) is 9.77. The highest BCUT2D eigenvalue weighted by atomic mass is 19.1. The summed E-state index contributed by atoms with van der Waals surface area (Å²) in [7, 11) is 2.79. The van der Waals surface area contributed by atoms with Crippen molar-refractivity contribution in [1.29, 1.82) is 0 Å². The molecule has 1 N–H and O–H groups in total. The van der Waals surface area contributed by atoms with E-state index in [0.717, 1.165) is 11.1 Å². The normalized spacial score (nSPS) is 10.3. The third kappa shape index (κ3) is 6.30. The molecule has 0 radical (unpaired) electrons. The fraction of sp³-hybridized carbons (Fsp3) is 0.318. The van der Waals surface area contributed by atoms with E-state index in [2.05, 4.69) is 5.32 Å². The van der Waals surface area contributed by atoms with E-state index >= 15 is 0 Å². The first-order valence-electron chi connectivity index (χ1n) is 9.29. The number of halogens is 1. The Labute approximate surface area is 174 Å². The third-order valence-corrected chi connectivity index (χ3v) is 4.47. The van der Waals surface area contributed by atoms with Crippen molar-refractivity contribution in [3.8, 4) is 5.75 Å². The lowest BCUT2D eigenvalue weighted by atomic mass is 10.1. The Morgan fingerprint density at radius 3 is 2.37 bits per heavy atom. The predicted octanol–water partition coefficient (Wildman–Crippen LogP) is 2.63. The van der Waals surface area contributed by atoms with Crippen LogP contribution in [0.5, 0.6) is 5.75 Å². The van der Waals surface area contributed by atoms with Crippen molar-refractivity contribution in [3.63, 3.8) is 0 Å². The number of methoxy groups -OCH3 is 1. The Morgan fingerprint density at radius 2 is 1.77 bits per heavy atom. The number of carbonyl (C=O) groups is 3. The van der Waals surface area contributed by atoms with Gasteiger partial charge >= 0.3 is 5.97 Å². The number of benzene rings is 2. The molecule has 7 nitrogen and oxygen atoms in total. The van der Waals surface area contributed by atoms with Gasteiger partial charge in [0.2, 0.25) is 5.91 Å². The molecule has 0 fully saturated rings. The number of hydrogen-bond donors (Lipinski definition) is 1. The molecule has 160 valence electrons. The van der Waals surface area contributed by atoms with E-state index in [1.54, 1.807) is 0 Å².